The van der Waals surface area contributed by atoms with Gasteiger partial charge < -0.3 is 15.4 Å². The highest BCUT2D eigenvalue weighted by molar-refractivity contribution is 5.68. The second-order valence-corrected chi connectivity index (χ2v) is 6.73. The highest BCUT2D eigenvalue weighted by Crippen LogP contribution is 2.38. The van der Waals surface area contributed by atoms with Gasteiger partial charge in [-0.15, -0.1) is 0 Å². The minimum atomic E-state index is -0.425. The van der Waals surface area contributed by atoms with Gasteiger partial charge in [-0.25, -0.2) is 4.79 Å². The van der Waals surface area contributed by atoms with Crippen molar-refractivity contribution in [1.29, 1.82) is 0 Å². The van der Waals surface area contributed by atoms with E-state index in [1.54, 1.807) is 4.90 Å². The van der Waals surface area contributed by atoms with Crippen LogP contribution in [0, 0.1) is 11.8 Å². The molecule has 1 saturated carbocycles. The third-order valence-corrected chi connectivity index (χ3v) is 4.12. The van der Waals surface area contributed by atoms with Gasteiger partial charge in [0.25, 0.3) is 0 Å². The molecule has 2 N–H and O–H groups in total. The fraction of sp³-hybridized carbons (Fsp3) is 0.929. The van der Waals surface area contributed by atoms with Crippen molar-refractivity contribution in [3.05, 3.63) is 0 Å². The molecule has 0 aromatic rings. The van der Waals surface area contributed by atoms with Crippen LogP contribution in [0.25, 0.3) is 0 Å². The van der Waals surface area contributed by atoms with E-state index in [1.807, 2.05) is 20.8 Å². The zero-order valence-electron chi connectivity index (χ0n) is 11.8. The SMILES string of the molecule is CC(C)(C)OC(=O)N1CCC(C2CCC2)C(N)C1. The summed E-state index contributed by atoms with van der Waals surface area (Å²) in [5.41, 5.74) is 5.81. The normalized spacial score (nSPS) is 29.9. The van der Waals surface area contributed by atoms with E-state index in [0.29, 0.717) is 12.5 Å². The van der Waals surface area contributed by atoms with Gasteiger partial charge in [0.05, 0.1) is 0 Å². The standard InChI is InChI=1S/C14H26N2O2/c1-14(2,3)18-13(17)16-8-7-11(12(15)9-16)10-5-4-6-10/h10-12H,4-9,15H2,1-3H3. The molecule has 0 spiro atoms. The number of piperidine rings is 1. The Morgan fingerprint density at radius 2 is 1.94 bits per heavy atom. The van der Waals surface area contributed by atoms with Gasteiger partial charge in [0.2, 0.25) is 0 Å². The summed E-state index contributed by atoms with van der Waals surface area (Å²) in [6.45, 7) is 7.13. The predicted octanol–water partition coefficient (Wildman–Crippen LogP) is 2.37. The summed E-state index contributed by atoms with van der Waals surface area (Å²) < 4.78 is 5.39. The summed E-state index contributed by atoms with van der Waals surface area (Å²) in [6.07, 6.45) is 4.81. The van der Waals surface area contributed by atoms with E-state index in [0.717, 1.165) is 18.9 Å². The Kier molecular flexibility index (Phi) is 3.85. The number of rotatable bonds is 1. The molecule has 0 bridgehead atoms. The van der Waals surface area contributed by atoms with E-state index in [-0.39, 0.29) is 12.1 Å². The van der Waals surface area contributed by atoms with Crippen LogP contribution in [0.4, 0.5) is 4.79 Å². The molecule has 1 aliphatic carbocycles. The molecule has 1 aliphatic heterocycles. The van der Waals surface area contributed by atoms with Crippen molar-refractivity contribution in [2.24, 2.45) is 17.6 Å². The van der Waals surface area contributed by atoms with E-state index in [2.05, 4.69) is 0 Å². The Morgan fingerprint density at radius 1 is 1.28 bits per heavy atom. The van der Waals surface area contributed by atoms with Gasteiger partial charge in [-0.05, 0) is 39.0 Å². The molecule has 0 aromatic heterocycles. The fourth-order valence-corrected chi connectivity index (χ4v) is 2.95. The van der Waals surface area contributed by atoms with Crippen molar-refractivity contribution >= 4 is 6.09 Å². The second-order valence-electron chi connectivity index (χ2n) is 6.73. The van der Waals surface area contributed by atoms with Crippen molar-refractivity contribution in [3.63, 3.8) is 0 Å². The average Bonchev–Trinajstić information content (AvgIpc) is 2.15. The van der Waals surface area contributed by atoms with E-state index in [9.17, 15) is 4.79 Å². The summed E-state index contributed by atoms with van der Waals surface area (Å²) in [4.78, 5) is 13.7. The van der Waals surface area contributed by atoms with Gasteiger partial charge in [-0.1, -0.05) is 19.3 Å². The molecule has 4 heteroatoms. The summed E-state index contributed by atoms with van der Waals surface area (Å²) in [7, 11) is 0. The van der Waals surface area contributed by atoms with Crippen molar-refractivity contribution in [3.8, 4) is 0 Å². The fourth-order valence-electron chi connectivity index (χ4n) is 2.95. The molecule has 1 amide bonds. The van der Waals surface area contributed by atoms with Crippen LogP contribution in [0.1, 0.15) is 46.5 Å². The molecular formula is C14H26N2O2. The molecular weight excluding hydrogens is 228 g/mol. The number of ether oxygens (including phenoxy) is 1. The smallest absolute Gasteiger partial charge is 0.410 e. The number of amides is 1. The van der Waals surface area contributed by atoms with E-state index in [4.69, 9.17) is 10.5 Å². The van der Waals surface area contributed by atoms with Crippen LogP contribution in [-0.2, 0) is 4.74 Å². The lowest BCUT2D eigenvalue weighted by atomic mass is 9.70. The van der Waals surface area contributed by atoms with Gasteiger partial charge in [-0.2, -0.15) is 0 Å². The maximum Gasteiger partial charge on any atom is 0.410 e. The molecule has 0 radical (unpaired) electrons. The first-order valence-corrected chi connectivity index (χ1v) is 7.10. The molecule has 2 fully saturated rings. The van der Waals surface area contributed by atoms with Crippen molar-refractivity contribution in [2.75, 3.05) is 13.1 Å². The van der Waals surface area contributed by atoms with E-state index < -0.39 is 5.60 Å². The molecule has 0 aromatic carbocycles. The maximum absolute atomic E-state index is 12.0. The van der Waals surface area contributed by atoms with Crippen molar-refractivity contribution in [1.82, 2.24) is 4.90 Å². The summed E-state index contributed by atoms with van der Waals surface area (Å²) in [5, 5.41) is 0. The molecule has 1 saturated heterocycles. The van der Waals surface area contributed by atoms with Crippen LogP contribution < -0.4 is 5.73 Å². The number of carbonyl (C=O) groups is 1. The predicted molar refractivity (Wildman–Crippen MR) is 71.2 cm³/mol. The summed E-state index contributed by atoms with van der Waals surface area (Å²) in [5.74, 6) is 1.42. The Bertz CT molecular complexity index is 307. The zero-order valence-corrected chi connectivity index (χ0v) is 11.8. The molecule has 1 heterocycles. The number of hydrogen-bond acceptors (Lipinski definition) is 3. The van der Waals surface area contributed by atoms with Crippen molar-refractivity contribution < 1.29 is 9.53 Å². The quantitative estimate of drug-likeness (QED) is 0.781. The average molecular weight is 254 g/mol. The second kappa shape index (κ2) is 5.08. The van der Waals surface area contributed by atoms with Crippen LogP contribution in [0.5, 0.6) is 0 Å². The number of likely N-dealkylation sites (tertiary alicyclic amines) is 1. The Hall–Kier alpha value is -0.770. The highest BCUT2D eigenvalue weighted by atomic mass is 16.6. The van der Waals surface area contributed by atoms with E-state index >= 15 is 0 Å². The van der Waals surface area contributed by atoms with Gasteiger partial charge >= 0.3 is 6.09 Å². The molecule has 2 atom stereocenters. The van der Waals surface area contributed by atoms with Gasteiger partial charge in [-0.3, -0.25) is 0 Å². The number of nitrogens with zero attached hydrogens (tertiary/aromatic N) is 1. The lowest BCUT2D eigenvalue weighted by Gasteiger charge is -2.43. The maximum atomic E-state index is 12.0. The van der Waals surface area contributed by atoms with Crippen LogP contribution >= 0.6 is 0 Å². The van der Waals surface area contributed by atoms with Crippen LogP contribution in [0.15, 0.2) is 0 Å². The number of nitrogens with two attached hydrogens (primary N) is 1. The lowest BCUT2D eigenvalue weighted by molar-refractivity contribution is 0.00923. The zero-order chi connectivity index (χ0) is 13.3. The molecule has 4 nitrogen and oxygen atoms in total. The topological polar surface area (TPSA) is 55.6 Å². The minimum absolute atomic E-state index is 0.122. The van der Waals surface area contributed by atoms with Gasteiger partial charge in [0.15, 0.2) is 0 Å². The molecule has 104 valence electrons. The minimum Gasteiger partial charge on any atom is -0.444 e. The largest absolute Gasteiger partial charge is 0.444 e. The highest BCUT2D eigenvalue weighted by Gasteiger charge is 2.37. The molecule has 2 aliphatic rings. The van der Waals surface area contributed by atoms with Crippen LogP contribution in [0.2, 0.25) is 0 Å². The molecule has 2 unspecified atom stereocenters. The Labute approximate surface area is 110 Å². The van der Waals surface area contributed by atoms with Crippen LogP contribution in [0.3, 0.4) is 0 Å². The third kappa shape index (κ3) is 3.16. The van der Waals surface area contributed by atoms with Gasteiger partial charge in [0.1, 0.15) is 5.60 Å². The van der Waals surface area contributed by atoms with Gasteiger partial charge in [0, 0.05) is 19.1 Å². The first-order chi connectivity index (χ1) is 8.37. The first kappa shape index (κ1) is 13.7. The van der Waals surface area contributed by atoms with E-state index in [1.165, 1.54) is 19.3 Å². The Balaban J connectivity index is 1.85. The molecule has 18 heavy (non-hydrogen) atoms. The van der Waals surface area contributed by atoms with Crippen LogP contribution in [-0.4, -0.2) is 35.7 Å². The summed E-state index contributed by atoms with van der Waals surface area (Å²) in [6, 6.07) is 0.122. The third-order valence-electron chi connectivity index (χ3n) is 4.12. The number of hydrogen-bond donors (Lipinski definition) is 1. The number of carbonyl (C=O) groups excluding carboxylic acids is 1. The Morgan fingerprint density at radius 3 is 2.39 bits per heavy atom. The van der Waals surface area contributed by atoms with Crippen molar-refractivity contribution in [2.45, 2.75) is 58.1 Å². The summed E-state index contributed by atoms with van der Waals surface area (Å²) >= 11 is 0. The molecule has 2 rings (SSSR count). The first-order valence-electron chi connectivity index (χ1n) is 7.10. The lowest BCUT2D eigenvalue weighted by Crippen LogP contribution is -2.54. The monoisotopic (exact) mass is 254 g/mol.